The topological polar surface area (TPSA) is 61.1 Å². The van der Waals surface area contributed by atoms with Gasteiger partial charge in [-0.1, -0.05) is 0 Å². The van der Waals surface area contributed by atoms with E-state index in [0.717, 1.165) is 63.3 Å². The second-order valence-corrected chi connectivity index (χ2v) is 6.68. The molecule has 0 N–H and O–H groups in total. The summed E-state index contributed by atoms with van der Waals surface area (Å²) in [6.45, 7) is 5.96. The maximum absolute atomic E-state index is 11.7. The summed E-state index contributed by atoms with van der Waals surface area (Å²) in [6.07, 6.45) is 5.03. The summed E-state index contributed by atoms with van der Waals surface area (Å²) < 4.78 is 22.1. The quantitative estimate of drug-likeness (QED) is 0.713. The van der Waals surface area contributed by atoms with Crippen LogP contribution in [0.1, 0.15) is 47.6 Å². The highest BCUT2D eigenvalue weighted by molar-refractivity contribution is 5.87. The second kappa shape index (κ2) is 8.14. The minimum atomic E-state index is -0.427. The van der Waals surface area contributed by atoms with Crippen molar-refractivity contribution in [1.29, 1.82) is 0 Å². The third-order valence-corrected chi connectivity index (χ3v) is 4.69. The Balaban J connectivity index is 1.66. The molecule has 0 amide bonds. The Labute approximate surface area is 143 Å². The number of ether oxygens (including phenoxy) is 3. The van der Waals surface area contributed by atoms with Crippen LogP contribution in [0.2, 0.25) is 0 Å². The number of carbonyl (C=O) groups excluding carboxylic acids is 1. The summed E-state index contributed by atoms with van der Waals surface area (Å²) in [5.41, 5.74) is 0.811. The number of rotatable bonds is 7. The van der Waals surface area contributed by atoms with Gasteiger partial charge in [-0.15, -0.1) is 0 Å². The van der Waals surface area contributed by atoms with Crippen molar-refractivity contribution in [3.8, 4) is 0 Å². The van der Waals surface area contributed by atoms with E-state index in [1.54, 1.807) is 0 Å². The standard InChI is InChI=1S/C18H27NO5/c1-13-9-16(24-17(13)18(20)21-2)12-19(10-14-5-3-7-22-14)11-15-6-4-8-23-15/h9,14-15H,3-8,10-12H2,1-2H3/t14-,15-/m0/s1. The maximum Gasteiger partial charge on any atom is 0.374 e. The van der Waals surface area contributed by atoms with Crippen molar-refractivity contribution < 1.29 is 23.4 Å². The fourth-order valence-electron chi connectivity index (χ4n) is 3.50. The van der Waals surface area contributed by atoms with Crippen molar-refractivity contribution in [1.82, 2.24) is 4.90 Å². The Bertz CT molecular complexity index is 526. The summed E-state index contributed by atoms with van der Waals surface area (Å²) in [6, 6.07) is 1.92. The number of nitrogens with zero attached hydrogens (tertiary/aromatic N) is 1. The van der Waals surface area contributed by atoms with Gasteiger partial charge in [-0.05, 0) is 38.7 Å². The molecule has 1 aromatic heterocycles. The third-order valence-electron chi connectivity index (χ3n) is 4.69. The SMILES string of the molecule is COC(=O)c1oc(CN(C[C@@H]2CCCO2)C[C@@H]2CCCO2)cc1C. The van der Waals surface area contributed by atoms with Gasteiger partial charge in [-0.2, -0.15) is 0 Å². The van der Waals surface area contributed by atoms with Crippen LogP contribution in [-0.2, 0) is 20.8 Å². The largest absolute Gasteiger partial charge is 0.463 e. The van der Waals surface area contributed by atoms with E-state index in [1.807, 2.05) is 13.0 Å². The van der Waals surface area contributed by atoms with Gasteiger partial charge in [0, 0.05) is 31.9 Å². The number of furan rings is 1. The van der Waals surface area contributed by atoms with Crippen LogP contribution in [0, 0.1) is 6.92 Å². The van der Waals surface area contributed by atoms with E-state index in [1.165, 1.54) is 7.11 Å². The van der Waals surface area contributed by atoms with Gasteiger partial charge in [0.25, 0.3) is 0 Å². The second-order valence-electron chi connectivity index (χ2n) is 6.68. The number of hydrogen-bond acceptors (Lipinski definition) is 6. The first-order chi connectivity index (χ1) is 11.7. The third kappa shape index (κ3) is 4.37. The molecule has 3 heterocycles. The van der Waals surface area contributed by atoms with Gasteiger partial charge >= 0.3 is 5.97 Å². The molecule has 2 atom stereocenters. The molecule has 0 saturated carbocycles. The van der Waals surface area contributed by atoms with Crippen molar-refractivity contribution in [3.63, 3.8) is 0 Å². The first-order valence-corrected chi connectivity index (χ1v) is 8.79. The van der Waals surface area contributed by atoms with Gasteiger partial charge < -0.3 is 18.6 Å². The normalized spacial score (nSPS) is 24.0. The summed E-state index contributed by atoms with van der Waals surface area (Å²) in [4.78, 5) is 14.0. The average molecular weight is 337 g/mol. The van der Waals surface area contributed by atoms with Crippen molar-refractivity contribution in [2.75, 3.05) is 33.4 Å². The van der Waals surface area contributed by atoms with Gasteiger partial charge in [-0.25, -0.2) is 4.79 Å². The minimum Gasteiger partial charge on any atom is -0.463 e. The van der Waals surface area contributed by atoms with E-state index in [2.05, 4.69) is 4.90 Å². The van der Waals surface area contributed by atoms with Crippen molar-refractivity contribution in [2.45, 2.75) is 51.4 Å². The van der Waals surface area contributed by atoms with E-state index in [-0.39, 0.29) is 12.2 Å². The Morgan fingerprint density at radius 1 is 1.21 bits per heavy atom. The molecule has 6 nitrogen and oxygen atoms in total. The predicted molar refractivity (Wildman–Crippen MR) is 88.0 cm³/mol. The summed E-state index contributed by atoms with van der Waals surface area (Å²) in [7, 11) is 1.37. The van der Waals surface area contributed by atoms with Crippen molar-refractivity contribution >= 4 is 5.97 Å². The molecular weight excluding hydrogens is 310 g/mol. The van der Waals surface area contributed by atoms with Crippen LogP contribution in [0.3, 0.4) is 0 Å². The first-order valence-electron chi connectivity index (χ1n) is 8.79. The zero-order valence-corrected chi connectivity index (χ0v) is 14.6. The number of methoxy groups -OCH3 is 1. The van der Waals surface area contributed by atoms with E-state index < -0.39 is 5.97 Å². The smallest absolute Gasteiger partial charge is 0.374 e. The Hall–Kier alpha value is -1.37. The maximum atomic E-state index is 11.7. The molecule has 3 rings (SSSR count). The van der Waals surface area contributed by atoms with Crippen LogP contribution in [0.15, 0.2) is 10.5 Å². The molecule has 0 bridgehead atoms. The van der Waals surface area contributed by atoms with E-state index in [0.29, 0.717) is 12.3 Å². The van der Waals surface area contributed by atoms with Crippen LogP contribution in [0.5, 0.6) is 0 Å². The Kier molecular flexibility index (Phi) is 5.92. The highest BCUT2D eigenvalue weighted by atomic mass is 16.5. The molecule has 0 spiro atoms. The van der Waals surface area contributed by atoms with E-state index in [4.69, 9.17) is 18.6 Å². The fraction of sp³-hybridized carbons (Fsp3) is 0.722. The van der Waals surface area contributed by atoms with Gasteiger partial charge in [0.15, 0.2) is 0 Å². The molecule has 0 radical (unpaired) electrons. The lowest BCUT2D eigenvalue weighted by Crippen LogP contribution is -2.37. The lowest BCUT2D eigenvalue weighted by atomic mass is 10.2. The van der Waals surface area contributed by atoms with Crippen molar-refractivity contribution in [2.24, 2.45) is 0 Å². The van der Waals surface area contributed by atoms with Gasteiger partial charge in [0.2, 0.25) is 5.76 Å². The molecule has 2 fully saturated rings. The average Bonchev–Trinajstić information content (AvgIpc) is 3.30. The van der Waals surface area contributed by atoms with Crippen LogP contribution < -0.4 is 0 Å². The molecule has 0 aliphatic carbocycles. The van der Waals surface area contributed by atoms with Crippen molar-refractivity contribution in [3.05, 3.63) is 23.2 Å². The highest BCUT2D eigenvalue weighted by Gasteiger charge is 2.25. The predicted octanol–water partition coefficient (Wildman–Crippen LogP) is 2.53. The molecule has 2 saturated heterocycles. The van der Waals surface area contributed by atoms with Crippen LogP contribution >= 0.6 is 0 Å². The fourth-order valence-corrected chi connectivity index (χ4v) is 3.50. The van der Waals surface area contributed by atoms with Crippen LogP contribution in [0.25, 0.3) is 0 Å². The number of aryl methyl sites for hydroxylation is 1. The molecule has 24 heavy (non-hydrogen) atoms. The number of carbonyl (C=O) groups is 1. The van der Waals surface area contributed by atoms with Gasteiger partial charge in [0.05, 0.1) is 25.9 Å². The highest BCUT2D eigenvalue weighted by Crippen LogP contribution is 2.21. The lowest BCUT2D eigenvalue weighted by molar-refractivity contribution is 0.0316. The first kappa shape index (κ1) is 17.5. The van der Waals surface area contributed by atoms with Crippen LogP contribution in [-0.4, -0.2) is 56.5 Å². The Morgan fingerprint density at radius 3 is 2.33 bits per heavy atom. The molecule has 6 heteroatoms. The summed E-state index contributed by atoms with van der Waals surface area (Å²) >= 11 is 0. The number of esters is 1. The molecule has 1 aromatic rings. The zero-order valence-electron chi connectivity index (χ0n) is 14.6. The lowest BCUT2D eigenvalue weighted by Gasteiger charge is -2.26. The monoisotopic (exact) mass is 337 g/mol. The molecule has 2 aliphatic heterocycles. The number of hydrogen-bond donors (Lipinski definition) is 0. The summed E-state index contributed by atoms with van der Waals surface area (Å²) in [5, 5.41) is 0. The summed E-state index contributed by atoms with van der Waals surface area (Å²) in [5.74, 6) is 0.647. The van der Waals surface area contributed by atoms with E-state index >= 15 is 0 Å². The van der Waals surface area contributed by atoms with Crippen LogP contribution in [0.4, 0.5) is 0 Å². The molecule has 0 aromatic carbocycles. The van der Waals surface area contributed by atoms with E-state index in [9.17, 15) is 4.79 Å². The molecule has 134 valence electrons. The zero-order chi connectivity index (χ0) is 16.9. The van der Waals surface area contributed by atoms with Gasteiger partial charge in [0.1, 0.15) is 5.76 Å². The molecular formula is C18H27NO5. The molecule has 2 aliphatic rings. The Morgan fingerprint density at radius 2 is 1.83 bits per heavy atom. The molecule has 0 unspecified atom stereocenters. The minimum absolute atomic E-state index is 0.280. The van der Waals surface area contributed by atoms with Gasteiger partial charge in [-0.3, -0.25) is 4.90 Å².